The zero-order chi connectivity index (χ0) is 9.84. The van der Waals surface area contributed by atoms with E-state index in [0.717, 1.165) is 6.42 Å². The first kappa shape index (κ1) is 10.7. The van der Waals surface area contributed by atoms with Crippen molar-refractivity contribution in [1.29, 1.82) is 0 Å². The Balaban J connectivity index is 2.53. The van der Waals surface area contributed by atoms with Crippen LogP contribution in [0.4, 0.5) is 0 Å². The molecule has 2 heteroatoms. The standard InChI is InChI=1S/C11H20O2/c1-4-8(2)9(3)10-7-13-6-5-11(10)12/h8-10H,4-7H2,1-3H3. The highest BCUT2D eigenvalue weighted by molar-refractivity contribution is 5.82. The van der Waals surface area contributed by atoms with Crippen LogP contribution in [-0.4, -0.2) is 19.0 Å². The largest absolute Gasteiger partial charge is 0.380 e. The summed E-state index contributed by atoms with van der Waals surface area (Å²) in [5, 5.41) is 0. The second kappa shape index (κ2) is 4.75. The lowest BCUT2D eigenvalue weighted by Gasteiger charge is -2.30. The van der Waals surface area contributed by atoms with Crippen LogP contribution in [0.1, 0.15) is 33.6 Å². The summed E-state index contributed by atoms with van der Waals surface area (Å²) >= 11 is 0. The molecule has 0 aliphatic carbocycles. The fraction of sp³-hybridized carbons (Fsp3) is 0.909. The van der Waals surface area contributed by atoms with Gasteiger partial charge in [-0.25, -0.2) is 0 Å². The topological polar surface area (TPSA) is 26.3 Å². The lowest BCUT2D eigenvalue weighted by Crippen LogP contribution is -2.34. The molecule has 3 atom stereocenters. The average molecular weight is 184 g/mol. The highest BCUT2D eigenvalue weighted by Crippen LogP contribution is 2.27. The van der Waals surface area contributed by atoms with E-state index >= 15 is 0 Å². The van der Waals surface area contributed by atoms with Crippen LogP contribution in [0.15, 0.2) is 0 Å². The van der Waals surface area contributed by atoms with Gasteiger partial charge in [-0.3, -0.25) is 4.79 Å². The van der Waals surface area contributed by atoms with E-state index in [9.17, 15) is 4.79 Å². The Bertz CT molecular complexity index is 177. The van der Waals surface area contributed by atoms with Crippen molar-refractivity contribution < 1.29 is 9.53 Å². The molecule has 1 rings (SSSR count). The Morgan fingerprint density at radius 3 is 2.77 bits per heavy atom. The summed E-state index contributed by atoms with van der Waals surface area (Å²) in [6.45, 7) is 7.83. The molecule has 0 spiro atoms. The predicted molar refractivity (Wildman–Crippen MR) is 52.6 cm³/mol. The van der Waals surface area contributed by atoms with Crippen LogP contribution < -0.4 is 0 Å². The van der Waals surface area contributed by atoms with Gasteiger partial charge in [-0.05, 0) is 11.8 Å². The van der Waals surface area contributed by atoms with Gasteiger partial charge < -0.3 is 4.74 Å². The molecule has 1 saturated heterocycles. The van der Waals surface area contributed by atoms with Gasteiger partial charge in [0.05, 0.1) is 13.2 Å². The molecule has 13 heavy (non-hydrogen) atoms. The molecular formula is C11H20O2. The molecule has 0 radical (unpaired) electrons. The molecule has 0 aromatic heterocycles. The summed E-state index contributed by atoms with van der Waals surface area (Å²) in [5.74, 6) is 1.65. The molecule has 0 aromatic carbocycles. The van der Waals surface area contributed by atoms with Gasteiger partial charge in [-0.2, -0.15) is 0 Å². The highest BCUT2D eigenvalue weighted by atomic mass is 16.5. The molecule has 1 fully saturated rings. The minimum Gasteiger partial charge on any atom is -0.380 e. The molecule has 0 N–H and O–H groups in total. The first-order chi connectivity index (χ1) is 6.16. The number of carbonyl (C=O) groups excluding carboxylic acids is 1. The Morgan fingerprint density at radius 2 is 2.23 bits per heavy atom. The third kappa shape index (κ3) is 2.53. The van der Waals surface area contributed by atoms with Gasteiger partial charge in [0.15, 0.2) is 0 Å². The predicted octanol–water partition coefficient (Wildman–Crippen LogP) is 2.27. The van der Waals surface area contributed by atoms with E-state index in [0.29, 0.717) is 37.3 Å². The van der Waals surface area contributed by atoms with E-state index in [1.54, 1.807) is 0 Å². The van der Waals surface area contributed by atoms with E-state index in [1.807, 2.05) is 0 Å². The molecular weight excluding hydrogens is 164 g/mol. The van der Waals surface area contributed by atoms with Crippen LogP contribution >= 0.6 is 0 Å². The molecule has 1 aliphatic heterocycles. The van der Waals surface area contributed by atoms with Crippen LogP contribution in [-0.2, 0) is 9.53 Å². The molecule has 76 valence electrons. The van der Waals surface area contributed by atoms with Gasteiger partial charge in [-0.15, -0.1) is 0 Å². The number of carbonyl (C=O) groups is 1. The van der Waals surface area contributed by atoms with Gasteiger partial charge in [-0.1, -0.05) is 27.2 Å². The third-order valence-corrected chi connectivity index (χ3v) is 3.38. The normalized spacial score (nSPS) is 28.5. The minimum absolute atomic E-state index is 0.156. The SMILES string of the molecule is CCC(C)C(C)C1COCCC1=O. The molecule has 1 aliphatic rings. The average Bonchev–Trinajstić information content (AvgIpc) is 2.16. The van der Waals surface area contributed by atoms with Gasteiger partial charge >= 0.3 is 0 Å². The molecule has 0 bridgehead atoms. The smallest absolute Gasteiger partial charge is 0.140 e. The Labute approximate surface area is 80.7 Å². The minimum atomic E-state index is 0.156. The highest BCUT2D eigenvalue weighted by Gasteiger charge is 2.30. The van der Waals surface area contributed by atoms with Crippen molar-refractivity contribution in [3.8, 4) is 0 Å². The van der Waals surface area contributed by atoms with Crippen molar-refractivity contribution in [2.75, 3.05) is 13.2 Å². The summed E-state index contributed by atoms with van der Waals surface area (Å²) in [5.41, 5.74) is 0. The summed E-state index contributed by atoms with van der Waals surface area (Å²) in [6.07, 6.45) is 1.76. The van der Waals surface area contributed by atoms with E-state index in [2.05, 4.69) is 20.8 Å². The summed E-state index contributed by atoms with van der Waals surface area (Å²) in [6, 6.07) is 0. The van der Waals surface area contributed by atoms with Gasteiger partial charge in [0.25, 0.3) is 0 Å². The number of rotatable bonds is 3. The van der Waals surface area contributed by atoms with Crippen molar-refractivity contribution in [1.82, 2.24) is 0 Å². The fourth-order valence-electron chi connectivity index (χ4n) is 1.87. The first-order valence-electron chi connectivity index (χ1n) is 5.27. The third-order valence-electron chi connectivity index (χ3n) is 3.38. The Kier molecular flexibility index (Phi) is 3.91. The maximum absolute atomic E-state index is 11.6. The van der Waals surface area contributed by atoms with Crippen LogP contribution in [0.3, 0.4) is 0 Å². The lowest BCUT2D eigenvalue weighted by molar-refractivity contribution is -0.133. The number of ether oxygens (including phenoxy) is 1. The lowest BCUT2D eigenvalue weighted by atomic mass is 9.79. The molecule has 0 aromatic rings. The zero-order valence-electron chi connectivity index (χ0n) is 8.88. The van der Waals surface area contributed by atoms with Gasteiger partial charge in [0, 0.05) is 12.3 Å². The van der Waals surface area contributed by atoms with Crippen molar-refractivity contribution in [2.45, 2.75) is 33.6 Å². The molecule has 3 unspecified atom stereocenters. The van der Waals surface area contributed by atoms with Crippen LogP contribution in [0.25, 0.3) is 0 Å². The van der Waals surface area contributed by atoms with E-state index in [-0.39, 0.29) is 5.92 Å². The second-order valence-corrected chi connectivity index (χ2v) is 4.14. The molecule has 1 heterocycles. The number of hydrogen-bond donors (Lipinski definition) is 0. The zero-order valence-corrected chi connectivity index (χ0v) is 8.88. The van der Waals surface area contributed by atoms with Crippen molar-refractivity contribution >= 4 is 5.78 Å². The van der Waals surface area contributed by atoms with Crippen molar-refractivity contribution in [2.24, 2.45) is 17.8 Å². The van der Waals surface area contributed by atoms with Crippen LogP contribution in [0.5, 0.6) is 0 Å². The maximum atomic E-state index is 11.6. The first-order valence-corrected chi connectivity index (χ1v) is 5.27. The van der Waals surface area contributed by atoms with E-state index in [4.69, 9.17) is 4.74 Å². The second-order valence-electron chi connectivity index (χ2n) is 4.14. The van der Waals surface area contributed by atoms with Crippen LogP contribution in [0, 0.1) is 17.8 Å². The summed E-state index contributed by atoms with van der Waals surface area (Å²) < 4.78 is 5.35. The monoisotopic (exact) mass is 184 g/mol. The molecule has 0 saturated carbocycles. The van der Waals surface area contributed by atoms with Gasteiger partial charge in [0.1, 0.15) is 5.78 Å². The fourth-order valence-corrected chi connectivity index (χ4v) is 1.87. The summed E-state index contributed by atoms with van der Waals surface area (Å²) in [7, 11) is 0. The van der Waals surface area contributed by atoms with Crippen molar-refractivity contribution in [3.05, 3.63) is 0 Å². The molecule has 2 nitrogen and oxygen atoms in total. The number of Topliss-reactive ketones (excluding diaryl/α,β-unsaturated/α-hetero) is 1. The number of ketones is 1. The van der Waals surface area contributed by atoms with Crippen molar-refractivity contribution in [3.63, 3.8) is 0 Å². The van der Waals surface area contributed by atoms with E-state index < -0.39 is 0 Å². The Hall–Kier alpha value is -0.370. The Morgan fingerprint density at radius 1 is 1.54 bits per heavy atom. The number of hydrogen-bond acceptors (Lipinski definition) is 2. The maximum Gasteiger partial charge on any atom is 0.140 e. The summed E-state index contributed by atoms with van der Waals surface area (Å²) in [4.78, 5) is 11.6. The quantitative estimate of drug-likeness (QED) is 0.672. The van der Waals surface area contributed by atoms with Crippen LogP contribution in [0.2, 0.25) is 0 Å². The van der Waals surface area contributed by atoms with E-state index in [1.165, 1.54) is 0 Å². The van der Waals surface area contributed by atoms with Gasteiger partial charge in [0.2, 0.25) is 0 Å². The molecule has 0 amide bonds.